The van der Waals surface area contributed by atoms with Crippen LogP contribution in [0.2, 0.25) is 0 Å². The summed E-state index contributed by atoms with van der Waals surface area (Å²) in [4.78, 5) is 13.0. The van der Waals surface area contributed by atoms with E-state index in [1.165, 1.54) is 12.1 Å². The van der Waals surface area contributed by atoms with Gasteiger partial charge in [0.05, 0.1) is 5.92 Å². The quantitative estimate of drug-likeness (QED) is 0.364. The zero-order valence-corrected chi connectivity index (χ0v) is 19.8. The molecule has 0 fully saturated rings. The van der Waals surface area contributed by atoms with Crippen LogP contribution >= 0.6 is 0 Å². The first-order chi connectivity index (χ1) is 15.6. The Bertz CT molecular complexity index is 1140. The van der Waals surface area contributed by atoms with E-state index in [4.69, 9.17) is 8.92 Å². The van der Waals surface area contributed by atoms with E-state index < -0.39 is 21.6 Å². The van der Waals surface area contributed by atoms with E-state index >= 15 is 0 Å². The molecule has 0 saturated carbocycles. The van der Waals surface area contributed by atoms with E-state index in [1.807, 2.05) is 51.1 Å². The van der Waals surface area contributed by atoms with Gasteiger partial charge in [-0.05, 0) is 56.2 Å². The van der Waals surface area contributed by atoms with E-state index in [0.717, 1.165) is 5.56 Å². The second-order valence-corrected chi connectivity index (χ2v) is 10.2. The fourth-order valence-corrected chi connectivity index (χ4v) is 4.14. The minimum Gasteiger partial charge on any atom is -0.459 e. The maximum absolute atomic E-state index is 12.9. The number of nitrogens with one attached hydrogen (secondary N) is 1. The van der Waals surface area contributed by atoms with Crippen LogP contribution in [0.25, 0.3) is 0 Å². The minimum atomic E-state index is -3.94. The first kappa shape index (κ1) is 24.5. The van der Waals surface area contributed by atoms with E-state index in [9.17, 15) is 13.2 Å². The molecule has 0 heterocycles. The van der Waals surface area contributed by atoms with Gasteiger partial charge in [-0.2, -0.15) is 8.42 Å². The van der Waals surface area contributed by atoms with Crippen LogP contribution in [0, 0.1) is 0 Å². The number of hydrogen-bond acceptors (Lipinski definition) is 6. The maximum atomic E-state index is 12.9. The number of benzene rings is 3. The highest BCUT2D eigenvalue weighted by atomic mass is 32.2. The fourth-order valence-electron chi connectivity index (χ4n) is 3.18. The predicted molar refractivity (Wildman–Crippen MR) is 127 cm³/mol. The van der Waals surface area contributed by atoms with Crippen molar-refractivity contribution in [2.45, 2.75) is 43.7 Å². The molecule has 0 aliphatic rings. The largest absolute Gasteiger partial charge is 0.459 e. The molecule has 0 spiro atoms. The Balaban J connectivity index is 1.74. The van der Waals surface area contributed by atoms with E-state index in [-0.39, 0.29) is 16.6 Å². The number of ether oxygens (including phenoxy) is 1. The maximum Gasteiger partial charge on any atom is 0.339 e. The molecule has 0 radical (unpaired) electrons. The highest BCUT2D eigenvalue weighted by Gasteiger charge is 2.27. The molecule has 0 aromatic heterocycles. The monoisotopic (exact) mass is 467 g/mol. The van der Waals surface area contributed by atoms with Crippen molar-refractivity contribution in [1.29, 1.82) is 0 Å². The van der Waals surface area contributed by atoms with Crippen LogP contribution < -0.4 is 9.50 Å². The Morgan fingerprint density at radius 2 is 1.45 bits per heavy atom. The van der Waals surface area contributed by atoms with E-state index in [1.54, 1.807) is 42.5 Å². The smallest absolute Gasteiger partial charge is 0.339 e. The highest BCUT2D eigenvalue weighted by molar-refractivity contribution is 7.87. The molecule has 7 heteroatoms. The molecular formula is C26H29NO5S. The van der Waals surface area contributed by atoms with Gasteiger partial charge in [-0.3, -0.25) is 4.79 Å². The third-order valence-electron chi connectivity index (χ3n) is 4.73. The van der Waals surface area contributed by atoms with Gasteiger partial charge in [0, 0.05) is 13.1 Å². The molecule has 174 valence electrons. The zero-order valence-electron chi connectivity index (χ0n) is 19.0. The van der Waals surface area contributed by atoms with Crippen LogP contribution in [-0.2, 0) is 26.2 Å². The van der Waals surface area contributed by atoms with Gasteiger partial charge >= 0.3 is 16.1 Å². The standard InChI is InChI=1S/C26H29NO5S/c1-26(2,3)31-25(28)24(19-27-18-20-10-6-4-7-11-20)21-14-16-22(17-15-21)32-33(29,30)23-12-8-5-9-13-23/h4-17,24,27H,18-19H2,1-3H3. The van der Waals surface area contributed by atoms with Crippen molar-refractivity contribution in [2.24, 2.45) is 0 Å². The lowest BCUT2D eigenvalue weighted by molar-refractivity contribution is -0.156. The van der Waals surface area contributed by atoms with Gasteiger partial charge in [0.15, 0.2) is 0 Å². The Morgan fingerprint density at radius 3 is 2.03 bits per heavy atom. The summed E-state index contributed by atoms with van der Waals surface area (Å²) < 4.78 is 35.8. The topological polar surface area (TPSA) is 81.7 Å². The summed E-state index contributed by atoms with van der Waals surface area (Å²) in [5.41, 5.74) is 1.19. The molecule has 1 unspecified atom stereocenters. The summed E-state index contributed by atoms with van der Waals surface area (Å²) in [6.45, 7) is 6.45. The van der Waals surface area contributed by atoms with Crippen LogP contribution in [0.15, 0.2) is 89.8 Å². The van der Waals surface area contributed by atoms with Crippen molar-refractivity contribution in [3.05, 3.63) is 96.1 Å². The van der Waals surface area contributed by atoms with Gasteiger partial charge in [0.25, 0.3) is 0 Å². The molecule has 0 saturated heterocycles. The lowest BCUT2D eigenvalue weighted by Crippen LogP contribution is -2.33. The third-order valence-corrected chi connectivity index (χ3v) is 5.99. The molecule has 1 atom stereocenters. The molecule has 3 aromatic carbocycles. The number of carbonyl (C=O) groups is 1. The zero-order chi connectivity index (χ0) is 23.9. The Labute approximate surface area is 195 Å². The van der Waals surface area contributed by atoms with E-state index in [0.29, 0.717) is 18.7 Å². The van der Waals surface area contributed by atoms with Crippen molar-refractivity contribution in [1.82, 2.24) is 5.32 Å². The van der Waals surface area contributed by atoms with Gasteiger partial charge < -0.3 is 14.2 Å². The summed E-state index contributed by atoms with van der Waals surface area (Å²) >= 11 is 0. The molecular weight excluding hydrogens is 438 g/mol. The molecule has 3 rings (SSSR count). The first-order valence-electron chi connectivity index (χ1n) is 10.7. The van der Waals surface area contributed by atoms with E-state index in [2.05, 4.69) is 5.32 Å². The normalized spacial score (nSPS) is 12.7. The lowest BCUT2D eigenvalue weighted by atomic mass is 9.98. The second-order valence-electron chi connectivity index (χ2n) is 8.62. The SMILES string of the molecule is CC(C)(C)OC(=O)C(CNCc1ccccc1)c1ccc(OS(=O)(=O)c2ccccc2)cc1. The average Bonchev–Trinajstić information content (AvgIpc) is 2.77. The molecule has 33 heavy (non-hydrogen) atoms. The molecule has 0 aliphatic heterocycles. The lowest BCUT2D eigenvalue weighted by Gasteiger charge is -2.24. The number of rotatable bonds is 9. The number of hydrogen-bond donors (Lipinski definition) is 1. The van der Waals surface area contributed by atoms with Crippen LogP contribution in [0.5, 0.6) is 5.75 Å². The van der Waals surface area contributed by atoms with Crippen LogP contribution in [0.3, 0.4) is 0 Å². The molecule has 0 aliphatic carbocycles. The first-order valence-corrected chi connectivity index (χ1v) is 12.1. The van der Waals surface area contributed by atoms with Crippen molar-refractivity contribution < 1.29 is 22.1 Å². The van der Waals surface area contributed by atoms with Gasteiger partial charge in [0.1, 0.15) is 16.2 Å². The van der Waals surface area contributed by atoms with Crippen molar-refractivity contribution >= 4 is 16.1 Å². The Morgan fingerprint density at radius 1 is 0.879 bits per heavy atom. The number of carbonyl (C=O) groups excluding carboxylic acids is 1. The second kappa shape index (κ2) is 10.6. The molecule has 3 aromatic rings. The molecule has 0 amide bonds. The van der Waals surface area contributed by atoms with Crippen LogP contribution in [0.4, 0.5) is 0 Å². The third kappa shape index (κ3) is 7.44. The predicted octanol–water partition coefficient (Wildman–Crippen LogP) is 4.67. The van der Waals surface area contributed by atoms with Gasteiger partial charge in [-0.25, -0.2) is 0 Å². The highest BCUT2D eigenvalue weighted by Crippen LogP contribution is 2.25. The molecule has 6 nitrogen and oxygen atoms in total. The van der Waals surface area contributed by atoms with Gasteiger partial charge in [-0.15, -0.1) is 0 Å². The molecule has 1 N–H and O–H groups in total. The summed E-state index contributed by atoms with van der Waals surface area (Å²) in [5.74, 6) is -0.746. The average molecular weight is 468 g/mol. The summed E-state index contributed by atoms with van der Waals surface area (Å²) in [6, 6.07) is 24.3. The van der Waals surface area contributed by atoms with Crippen LogP contribution in [0.1, 0.15) is 37.8 Å². The van der Waals surface area contributed by atoms with Crippen molar-refractivity contribution in [2.75, 3.05) is 6.54 Å². The van der Waals surface area contributed by atoms with Gasteiger partial charge in [0.2, 0.25) is 0 Å². The van der Waals surface area contributed by atoms with Gasteiger partial charge in [-0.1, -0.05) is 60.7 Å². The fraction of sp³-hybridized carbons (Fsp3) is 0.269. The van der Waals surface area contributed by atoms with Crippen molar-refractivity contribution in [3.63, 3.8) is 0 Å². The minimum absolute atomic E-state index is 0.0748. The summed E-state index contributed by atoms with van der Waals surface area (Å²) in [6.07, 6.45) is 0. The number of esters is 1. The Hall–Kier alpha value is -3.16. The summed E-state index contributed by atoms with van der Waals surface area (Å²) in [5, 5.41) is 3.31. The Kier molecular flexibility index (Phi) is 7.89. The van der Waals surface area contributed by atoms with Crippen LogP contribution in [-0.4, -0.2) is 26.5 Å². The van der Waals surface area contributed by atoms with Crippen molar-refractivity contribution in [3.8, 4) is 5.75 Å². The summed E-state index contributed by atoms with van der Waals surface area (Å²) in [7, 11) is -3.94. The molecule has 0 bridgehead atoms.